The number of esters is 2. The van der Waals surface area contributed by atoms with Gasteiger partial charge in [-0.3, -0.25) is 37.5 Å². The zero-order valence-electron chi connectivity index (χ0n) is 31.1. The van der Waals surface area contributed by atoms with Crippen LogP contribution in [0.15, 0.2) is 70.4 Å². The summed E-state index contributed by atoms with van der Waals surface area (Å²) in [7, 11) is -9.96. The third-order valence-corrected chi connectivity index (χ3v) is 11.4. The molecule has 0 radical (unpaired) electrons. The summed E-state index contributed by atoms with van der Waals surface area (Å²) >= 11 is 0. The average Bonchev–Trinajstić information content (AvgIpc) is 3.63. The molecule has 55 heavy (non-hydrogen) atoms. The van der Waals surface area contributed by atoms with Gasteiger partial charge in [-0.1, -0.05) is 76.6 Å². The van der Waals surface area contributed by atoms with Crippen LogP contribution in [-0.4, -0.2) is 39.1 Å². The fraction of sp³-hybridized carbons (Fsp3) is 0.514. The van der Waals surface area contributed by atoms with Crippen LogP contribution in [0.5, 0.6) is 11.5 Å². The summed E-state index contributed by atoms with van der Waals surface area (Å²) in [5.41, 5.74) is -0.337. The van der Waals surface area contributed by atoms with Gasteiger partial charge in [-0.2, -0.15) is 4.31 Å². The lowest BCUT2D eigenvalue weighted by molar-refractivity contribution is -0.135. The van der Waals surface area contributed by atoms with Gasteiger partial charge in [0.2, 0.25) is 0 Å². The van der Waals surface area contributed by atoms with E-state index in [-0.39, 0.29) is 11.9 Å². The van der Waals surface area contributed by atoms with E-state index in [4.69, 9.17) is 32.1 Å². The molecule has 3 atom stereocenters. The minimum Gasteiger partial charge on any atom is -0.427 e. The molecular weight excluding hydrogens is 758 g/mol. The van der Waals surface area contributed by atoms with E-state index in [2.05, 4.69) is 18.8 Å². The van der Waals surface area contributed by atoms with Crippen LogP contribution in [-0.2, 0) is 54.6 Å². The Morgan fingerprint density at radius 1 is 0.764 bits per heavy atom. The van der Waals surface area contributed by atoms with Crippen LogP contribution in [0.4, 0.5) is 0 Å². The van der Waals surface area contributed by atoms with Crippen molar-refractivity contribution in [2.45, 2.75) is 116 Å². The van der Waals surface area contributed by atoms with Crippen LogP contribution >= 0.6 is 15.6 Å². The van der Waals surface area contributed by atoms with Gasteiger partial charge in [0.25, 0.3) is 5.56 Å². The number of benzene rings is 2. The van der Waals surface area contributed by atoms with Gasteiger partial charge >= 0.3 is 33.3 Å². The predicted octanol–water partition coefficient (Wildman–Crippen LogP) is 7.64. The van der Waals surface area contributed by atoms with Crippen molar-refractivity contribution >= 4 is 27.6 Å². The van der Waals surface area contributed by atoms with Crippen molar-refractivity contribution in [3.63, 3.8) is 0 Å². The fourth-order valence-corrected chi connectivity index (χ4v) is 8.07. The van der Waals surface area contributed by atoms with Gasteiger partial charge in [-0.15, -0.1) is 0 Å². The molecule has 0 spiro atoms. The summed E-state index contributed by atoms with van der Waals surface area (Å²) in [5, 5.41) is 0. The lowest BCUT2D eigenvalue weighted by Crippen LogP contribution is -2.31. The Morgan fingerprint density at radius 2 is 1.29 bits per heavy atom. The summed E-state index contributed by atoms with van der Waals surface area (Å²) in [5.74, 6) is -0.105. The second kappa shape index (κ2) is 22.1. The number of H-pyrrole nitrogens is 1. The number of carbonyl (C=O) groups excluding carboxylic acids is 2. The number of phosphoric acid groups is 2. The Morgan fingerprint density at radius 3 is 1.78 bits per heavy atom. The number of nitrogens with zero attached hydrogens (tertiary/aromatic N) is 1. The van der Waals surface area contributed by atoms with Crippen molar-refractivity contribution in [2.75, 3.05) is 6.61 Å². The van der Waals surface area contributed by atoms with E-state index in [9.17, 15) is 33.2 Å². The Bertz CT molecular complexity index is 1800. The van der Waals surface area contributed by atoms with Crippen molar-refractivity contribution < 1.29 is 55.7 Å². The molecule has 2 N–H and O–H groups in total. The number of aromatic nitrogens is 2. The van der Waals surface area contributed by atoms with Gasteiger partial charge in [0.1, 0.15) is 17.7 Å². The minimum absolute atomic E-state index is 0.293. The molecule has 1 saturated heterocycles. The smallest absolute Gasteiger partial charge is 0.427 e. The van der Waals surface area contributed by atoms with Gasteiger partial charge in [-0.05, 0) is 61.1 Å². The molecule has 1 aromatic heterocycles. The molecule has 16 nitrogen and oxygen atoms in total. The molecule has 18 heteroatoms. The number of hydrogen-bond donors (Lipinski definition) is 2. The largest absolute Gasteiger partial charge is 0.484 e. The molecule has 0 aliphatic carbocycles. The van der Waals surface area contributed by atoms with Crippen molar-refractivity contribution in [1.29, 1.82) is 0 Å². The zero-order valence-corrected chi connectivity index (χ0v) is 32.9. The Kier molecular flexibility index (Phi) is 17.7. The standard InChI is InChI=1S/C37H50N2O14P2/c1-3-5-7-9-11-35(41)51-30-17-13-28(14-18-30)25-48-55(46,49-26-29-15-19-31(20-16-29)52-36(42)12-10-8-6-4-2)53-54(44,45)47-27-32-21-22-34(50-32)39-24-23-33(40)38-37(39)43/h13-20,23-24,32,34H,3-12,21-22,25-27H2,1-2H3,(H,44,45)(H,38,40,43)/t32-,34+/m0/s1. The monoisotopic (exact) mass is 808 g/mol. The van der Waals surface area contributed by atoms with Gasteiger partial charge in [0.15, 0.2) is 0 Å². The Hall–Kier alpha value is -3.72. The summed E-state index contributed by atoms with van der Waals surface area (Å²) in [6.45, 7) is 2.91. The minimum atomic E-state index is -5.12. The van der Waals surface area contributed by atoms with Crippen molar-refractivity contribution in [3.05, 3.63) is 92.8 Å². The molecule has 2 heterocycles. The van der Waals surface area contributed by atoms with E-state index >= 15 is 0 Å². The average molecular weight is 809 g/mol. The van der Waals surface area contributed by atoms with Crippen molar-refractivity contribution in [1.82, 2.24) is 9.55 Å². The predicted molar refractivity (Wildman–Crippen MR) is 200 cm³/mol. The molecule has 0 saturated carbocycles. The molecule has 1 aliphatic heterocycles. The number of rotatable bonds is 24. The van der Waals surface area contributed by atoms with E-state index in [1.165, 1.54) is 41.1 Å². The Labute approximate surface area is 319 Å². The molecule has 0 amide bonds. The number of aromatic amines is 1. The highest BCUT2D eigenvalue weighted by molar-refractivity contribution is 7.61. The SMILES string of the molecule is CCCCCCC(=O)Oc1ccc(COP(=O)(OCc2ccc(OC(=O)CCCCCC)cc2)OP(=O)(O)OC[C@@H]2CC[C@H](n3ccc(=O)[nH]c3=O)O2)cc1. The number of unbranched alkanes of at least 4 members (excludes halogenated alkanes) is 6. The van der Waals surface area contributed by atoms with Crippen LogP contribution in [0, 0.1) is 0 Å². The van der Waals surface area contributed by atoms with Gasteiger partial charge in [-0.25, -0.2) is 13.9 Å². The van der Waals surface area contributed by atoms with Crippen LogP contribution in [0.1, 0.15) is 108 Å². The molecule has 1 unspecified atom stereocenters. The first-order chi connectivity index (χ1) is 26.4. The van der Waals surface area contributed by atoms with Crippen LogP contribution in [0.2, 0.25) is 0 Å². The summed E-state index contributed by atoms with van der Waals surface area (Å²) in [6.07, 6.45) is 8.56. The Balaban J connectivity index is 1.37. The molecule has 1 aliphatic rings. The van der Waals surface area contributed by atoms with Gasteiger partial charge in [0, 0.05) is 25.1 Å². The van der Waals surface area contributed by atoms with Crippen LogP contribution < -0.4 is 20.7 Å². The van der Waals surface area contributed by atoms with E-state index in [0.29, 0.717) is 48.3 Å². The summed E-state index contributed by atoms with van der Waals surface area (Å²) in [6, 6.07) is 13.5. The lowest BCUT2D eigenvalue weighted by Gasteiger charge is -2.21. The molecule has 3 aromatic rings. The first kappa shape index (κ1) is 44.0. The highest BCUT2D eigenvalue weighted by Crippen LogP contribution is 2.64. The maximum atomic E-state index is 13.9. The van der Waals surface area contributed by atoms with Crippen LogP contribution in [0.25, 0.3) is 0 Å². The third-order valence-electron chi connectivity index (χ3n) is 8.43. The highest BCUT2D eigenvalue weighted by Gasteiger charge is 2.40. The number of ether oxygens (including phenoxy) is 3. The quantitative estimate of drug-likeness (QED) is 0.0386. The summed E-state index contributed by atoms with van der Waals surface area (Å²) < 4.78 is 65.8. The van der Waals surface area contributed by atoms with Crippen molar-refractivity contribution in [2.24, 2.45) is 0 Å². The highest BCUT2D eigenvalue weighted by atomic mass is 31.3. The van der Waals surface area contributed by atoms with E-state index in [1.54, 1.807) is 24.3 Å². The number of hydrogen-bond acceptors (Lipinski definition) is 13. The molecule has 302 valence electrons. The van der Waals surface area contributed by atoms with E-state index in [1.807, 2.05) is 0 Å². The van der Waals surface area contributed by atoms with Gasteiger partial charge < -0.3 is 19.1 Å². The maximum absolute atomic E-state index is 13.9. The van der Waals surface area contributed by atoms with E-state index < -0.39 is 59.0 Å². The second-order valence-corrected chi connectivity index (χ2v) is 16.3. The number of carbonyl (C=O) groups is 2. The molecule has 1 fully saturated rings. The lowest BCUT2D eigenvalue weighted by atomic mass is 10.1. The second-order valence-electron chi connectivity index (χ2n) is 13.0. The first-order valence-electron chi connectivity index (χ1n) is 18.5. The number of phosphoric ester groups is 2. The number of nitrogens with one attached hydrogen (secondary N) is 1. The molecule has 0 bridgehead atoms. The first-order valence-corrected chi connectivity index (χ1v) is 21.5. The molecule has 4 rings (SSSR count). The van der Waals surface area contributed by atoms with Gasteiger partial charge in [0.05, 0.1) is 25.9 Å². The molecule has 2 aromatic carbocycles. The third kappa shape index (κ3) is 15.7. The fourth-order valence-electron chi connectivity index (χ4n) is 5.45. The van der Waals surface area contributed by atoms with E-state index in [0.717, 1.165) is 51.4 Å². The molecular formula is C37H50N2O14P2. The van der Waals surface area contributed by atoms with Crippen LogP contribution in [0.3, 0.4) is 0 Å². The van der Waals surface area contributed by atoms with Crippen molar-refractivity contribution in [3.8, 4) is 11.5 Å². The summed E-state index contributed by atoms with van der Waals surface area (Å²) in [4.78, 5) is 60.7. The topological polar surface area (TPSA) is 208 Å². The normalized spacial score (nSPS) is 16.8. The zero-order chi connectivity index (χ0) is 39.7. The maximum Gasteiger partial charge on any atom is 0.484 e.